The van der Waals surface area contributed by atoms with Crippen molar-refractivity contribution in [2.24, 2.45) is 7.05 Å². The standard InChI is InChI=1S/C26H29F2N3O/c1-26(2)22-14-18(27)5-7-23(22)31(25(26)32)13-12-30-10-8-17(9-11-30)21-16-29(3)24-15-19(28)4-6-20(21)24/h4-7,14-17H,8-13H2,1-3H3. The molecule has 168 valence electrons. The van der Waals surface area contributed by atoms with E-state index < -0.39 is 5.41 Å². The summed E-state index contributed by atoms with van der Waals surface area (Å²) in [6, 6.07) is 9.70. The first-order chi connectivity index (χ1) is 15.3. The van der Waals surface area contributed by atoms with Crippen LogP contribution in [0, 0.1) is 11.6 Å². The lowest BCUT2D eigenvalue weighted by molar-refractivity contribution is -0.122. The van der Waals surface area contributed by atoms with Crippen molar-refractivity contribution in [2.75, 3.05) is 31.1 Å². The minimum absolute atomic E-state index is 0.0379. The van der Waals surface area contributed by atoms with Crippen LogP contribution in [0.15, 0.2) is 42.6 Å². The topological polar surface area (TPSA) is 28.5 Å². The number of carbonyl (C=O) groups excluding carboxylic acids is 1. The van der Waals surface area contributed by atoms with Gasteiger partial charge in [0.15, 0.2) is 0 Å². The summed E-state index contributed by atoms with van der Waals surface area (Å²) in [6.45, 7) is 7.07. The van der Waals surface area contributed by atoms with Gasteiger partial charge < -0.3 is 14.4 Å². The van der Waals surface area contributed by atoms with Crippen LogP contribution in [-0.4, -0.2) is 41.6 Å². The highest BCUT2D eigenvalue weighted by atomic mass is 19.1. The number of nitrogens with zero attached hydrogens (tertiary/aromatic N) is 3. The number of hydrogen-bond donors (Lipinski definition) is 0. The highest BCUT2D eigenvalue weighted by Gasteiger charge is 2.44. The zero-order chi connectivity index (χ0) is 22.6. The molecule has 4 nitrogen and oxygen atoms in total. The van der Waals surface area contributed by atoms with Crippen LogP contribution in [0.5, 0.6) is 0 Å². The highest BCUT2D eigenvalue weighted by molar-refractivity contribution is 6.07. The molecular weight excluding hydrogens is 408 g/mol. The van der Waals surface area contributed by atoms with Gasteiger partial charge in [0.1, 0.15) is 11.6 Å². The molecule has 2 aliphatic heterocycles. The third-order valence-electron chi connectivity index (χ3n) is 7.35. The van der Waals surface area contributed by atoms with Crippen molar-refractivity contribution in [3.05, 3.63) is 65.4 Å². The summed E-state index contributed by atoms with van der Waals surface area (Å²) >= 11 is 0. The van der Waals surface area contributed by atoms with Gasteiger partial charge in [-0.25, -0.2) is 8.78 Å². The Balaban J connectivity index is 1.25. The first-order valence-corrected chi connectivity index (χ1v) is 11.3. The fraction of sp³-hybridized carbons (Fsp3) is 0.423. The number of aromatic nitrogens is 1. The van der Waals surface area contributed by atoms with E-state index in [1.54, 1.807) is 18.2 Å². The second-order valence-electron chi connectivity index (χ2n) is 9.72. The van der Waals surface area contributed by atoms with Crippen molar-refractivity contribution in [2.45, 2.75) is 38.0 Å². The normalized spacial score (nSPS) is 19.2. The molecule has 32 heavy (non-hydrogen) atoms. The third-order valence-corrected chi connectivity index (χ3v) is 7.35. The SMILES string of the molecule is Cn1cc(C2CCN(CCN3C(=O)C(C)(C)c4cc(F)ccc43)CC2)c2ccc(F)cc21. The molecule has 0 atom stereocenters. The van der Waals surface area contributed by atoms with Crippen LogP contribution in [0.25, 0.3) is 10.9 Å². The first kappa shape index (κ1) is 21.1. The predicted octanol–water partition coefficient (Wildman–Crippen LogP) is 4.96. The van der Waals surface area contributed by atoms with Crippen LogP contribution in [-0.2, 0) is 17.3 Å². The minimum atomic E-state index is -0.696. The van der Waals surface area contributed by atoms with Crippen molar-refractivity contribution in [3.63, 3.8) is 0 Å². The molecule has 0 unspecified atom stereocenters. The Kier molecular flexibility index (Phi) is 5.08. The van der Waals surface area contributed by atoms with Crippen molar-refractivity contribution >= 4 is 22.5 Å². The molecule has 3 heterocycles. The van der Waals surface area contributed by atoms with Crippen LogP contribution in [0.2, 0.25) is 0 Å². The van der Waals surface area contributed by atoms with Crippen LogP contribution in [0.4, 0.5) is 14.5 Å². The molecule has 6 heteroatoms. The molecule has 0 aliphatic carbocycles. The Hall–Kier alpha value is -2.73. The molecule has 2 aromatic carbocycles. The summed E-state index contributed by atoms with van der Waals surface area (Å²) in [5, 5.41) is 1.14. The highest BCUT2D eigenvalue weighted by Crippen LogP contribution is 2.42. The summed E-state index contributed by atoms with van der Waals surface area (Å²) in [5.74, 6) is -0.0128. The van der Waals surface area contributed by atoms with E-state index in [1.807, 2.05) is 36.4 Å². The molecule has 1 amide bonds. The van der Waals surface area contributed by atoms with Gasteiger partial charge in [-0.1, -0.05) is 0 Å². The Bertz CT molecular complexity index is 1190. The number of hydrogen-bond acceptors (Lipinski definition) is 2. The Labute approximate surface area is 187 Å². The second kappa shape index (κ2) is 7.69. The largest absolute Gasteiger partial charge is 0.350 e. The number of likely N-dealkylation sites (tertiary alicyclic amines) is 1. The number of aryl methyl sites for hydroxylation is 1. The molecule has 1 fully saturated rings. The maximum atomic E-state index is 13.8. The number of anilines is 1. The summed E-state index contributed by atoms with van der Waals surface area (Å²) in [4.78, 5) is 17.2. The van der Waals surface area contributed by atoms with E-state index in [0.29, 0.717) is 12.5 Å². The number of halogens is 2. The fourth-order valence-corrected chi connectivity index (χ4v) is 5.45. The average Bonchev–Trinajstić information content (AvgIpc) is 3.19. The number of amides is 1. The number of carbonyl (C=O) groups is 1. The smallest absolute Gasteiger partial charge is 0.237 e. The fourth-order valence-electron chi connectivity index (χ4n) is 5.45. The maximum Gasteiger partial charge on any atom is 0.237 e. The number of rotatable bonds is 4. The van der Waals surface area contributed by atoms with Gasteiger partial charge in [-0.05, 0) is 93.2 Å². The Morgan fingerprint density at radius 2 is 1.69 bits per heavy atom. The zero-order valence-electron chi connectivity index (χ0n) is 18.9. The maximum absolute atomic E-state index is 13.8. The van der Waals surface area contributed by atoms with Crippen LogP contribution in [0.3, 0.4) is 0 Å². The lowest BCUT2D eigenvalue weighted by atomic mass is 9.86. The second-order valence-corrected chi connectivity index (χ2v) is 9.72. The van der Waals surface area contributed by atoms with Gasteiger partial charge in [-0.15, -0.1) is 0 Å². The zero-order valence-corrected chi connectivity index (χ0v) is 18.9. The lowest BCUT2D eigenvalue weighted by Crippen LogP contribution is -2.43. The molecule has 2 aliphatic rings. The van der Waals surface area contributed by atoms with Gasteiger partial charge in [0, 0.05) is 37.4 Å². The van der Waals surface area contributed by atoms with E-state index in [2.05, 4.69) is 11.1 Å². The summed E-state index contributed by atoms with van der Waals surface area (Å²) in [5.41, 5.74) is 3.15. The molecule has 0 N–H and O–H groups in total. The number of fused-ring (bicyclic) bond motifs is 2. The van der Waals surface area contributed by atoms with E-state index in [1.165, 1.54) is 17.7 Å². The van der Waals surface area contributed by atoms with Gasteiger partial charge in [0.25, 0.3) is 0 Å². The molecule has 5 rings (SSSR count). The molecule has 1 saturated heterocycles. The molecule has 0 radical (unpaired) electrons. The average molecular weight is 438 g/mol. The molecule has 0 bridgehead atoms. The summed E-state index contributed by atoms with van der Waals surface area (Å²) < 4.78 is 29.4. The summed E-state index contributed by atoms with van der Waals surface area (Å²) in [6.07, 6.45) is 4.22. The molecule has 0 spiro atoms. The van der Waals surface area contributed by atoms with E-state index in [-0.39, 0.29) is 17.5 Å². The van der Waals surface area contributed by atoms with Crippen LogP contribution < -0.4 is 4.90 Å². The van der Waals surface area contributed by atoms with E-state index in [0.717, 1.165) is 54.6 Å². The molecule has 3 aromatic rings. The Morgan fingerprint density at radius 1 is 1.00 bits per heavy atom. The van der Waals surface area contributed by atoms with Gasteiger partial charge >= 0.3 is 0 Å². The first-order valence-electron chi connectivity index (χ1n) is 11.3. The minimum Gasteiger partial charge on any atom is -0.350 e. The number of piperidine rings is 1. The van der Waals surface area contributed by atoms with Crippen molar-refractivity contribution in [1.29, 1.82) is 0 Å². The van der Waals surface area contributed by atoms with Crippen LogP contribution in [0.1, 0.15) is 43.7 Å². The quantitative estimate of drug-likeness (QED) is 0.577. The number of benzene rings is 2. The molecular formula is C26H29F2N3O. The van der Waals surface area contributed by atoms with Gasteiger partial charge in [-0.3, -0.25) is 4.79 Å². The van der Waals surface area contributed by atoms with E-state index in [9.17, 15) is 13.6 Å². The van der Waals surface area contributed by atoms with Crippen molar-refractivity contribution in [1.82, 2.24) is 9.47 Å². The lowest BCUT2D eigenvalue weighted by Gasteiger charge is -2.33. The van der Waals surface area contributed by atoms with E-state index in [4.69, 9.17) is 0 Å². The van der Waals surface area contributed by atoms with Crippen molar-refractivity contribution < 1.29 is 13.6 Å². The Morgan fingerprint density at radius 3 is 2.44 bits per heavy atom. The van der Waals surface area contributed by atoms with Gasteiger partial charge in [0.05, 0.1) is 10.9 Å². The van der Waals surface area contributed by atoms with Crippen LogP contribution >= 0.6 is 0 Å². The molecule has 0 saturated carbocycles. The third kappa shape index (κ3) is 3.41. The molecule has 1 aromatic heterocycles. The van der Waals surface area contributed by atoms with Crippen molar-refractivity contribution in [3.8, 4) is 0 Å². The van der Waals surface area contributed by atoms with Gasteiger partial charge in [0.2, 0.25) is 5.91 Å². The monoisotopic (exact) mass is 437 g/mol. The van der Waals surface area contributed by atoms with E-state index >= 15 is 0 Å². The van der Waals surface area contributed by atoms with Gasteiger partial charge in [-0.2, -0.15) is 0 Å². The summed E-state index contributed by atoms with van der Waals surface area (Å²) in [7, 11) is 1.97. The predicted molar refractivity (Wildman–Crippen MR) is 123 cm³/mol.